The third-order valence-corrected chi connectivity index (χ3v) is 1.84. The fourth-order valence-corrected chi connectivity index (χ4v) is 1.10. The summed E-state index contributed by atoms with van der Waals surface area (Å²) in [6.07, 6.45) is 1.49. The highest BCUT2D eigenvalue weighted by Gasteiger charge is 2.03. The van der Waals surface area contributed by atoms with E-state index < -0.39 is 10.3 Å². The van der Waals surface area contributed by atoms with Crippen molar-refractivity contribution in [3.8, 4) is 5.88 Å². The van der Waals surface area contributed by atoms with E-state index in [1.807, 2.05) is 0 Å². The van der Waals surface area contributed by atoms with Crippen LogP contribution in [0.1, 0.15) is 5.56 Å². The highest BCUT2D eigenvalue weighted by molar-refractivity contribution is 7.84. The van der Waals surface area contributed by atoms with Crippen molar-refractivity contribution < 1.29 is 17.3 Å². The summed E-state index contributed by atoms with van der Waals surface area (Å²) in [6.45, 7) is -0.127. The van der Waals surface area contributed by atoms with E-state index in [1.165, 1.54) is 13.3 Å². The second-order valence-corrected chi connectivity index (χ2v) is 3.68. The molecule has 14 heavy (non-hydrogen) atoms. The van der Waals surface area contributed by atoms with Gasteiger partial charge in [-0.25, -0.2) is 10.1 Å². The number of rotatable bonds is 4. The lowest BCUT2D eigenvalue weighted by Gasteiger charge is -2.02. The quantitative estimate of drug-likeness (QED) is 0.756. The maximum atomic E-state index is 10.5. The summed E-state index contributed by atoms with van der Waals surface area (Å²) in [5.74, 6) is 0.389. The maximum absolute atomic E-state index is 10.5. The third-order valence-electron chi connectivity index (χ3n) is 1.40. The molecule has 0 aliphatic rings. The molecule has 2 N–H and O–H groups in total. The monoisotopic (exact) mass is 218 g/mol. The minimum absolute atomic E-state index is 0.127. The van der Waals surface area contributed by atoms with E-state index in [1.54, 1.807) is 12.1 Å². The molecule has 1 aromatic heterocycles. The predicted molar refractivity (Wildman–Crippen MR) is 48.7 cm³/mol. The van der Waals surface area contributed by atoms with Crippen molar-refractivity contribution >= 4 is 10.3 Å². The Balaban J connectivity index is 2.68. The van der Waals surface area contributed by atoms with Gasteiger partial charge < -0.3 is 4.74 Å². The van der Waals surface area contributed by atoms with Crippen LogP contribution in [0.2, 0.25) is 0 Å². The molecular formula is C7H10N2O4S. The first kappa shape index (κ1) is 10.9. The van der Waals surface area contributed by atoms with Gasteiger partial charge in [-0.3, -0.25) is 4.18 Å². The Morgan fingerprint density at radius 3 is 2.86 bits per heavy atom. The molecule has 0 amide bonds. The largest absolute Gasteiger partial charge is 0.481 e. The van der Waals surface area contributed by atoms with Gasteiger partial charge in [-0.2, -0.15) is 8.42 Å². The van der Waals surface area contributed by atoms with Gasteiger partial charge >= 0.3 is 10.3 Å². The van der Waals surface area contributed by atoms with Gasteiger partial charge in [0, 0.05) is 12.3 Å². The predicted octanol–water partition coefficient (Wildman–Crippen LogP) is -0.190. The average molecular weight is 218 g/mol. The average Bonchev–Trinajstić information content (AvgIpc) is 2.14. The summed E-state index contributed by atoms with van der Waals surface area (Å²) in [5, 5.41) is 4.66. The zero-order valence-electron chi connectivity index (χ0n) is 7.50. The maximum Gasteiger partial charge on any atom is 0.333 e. The van der Waals surface area contributed by atoms with E-state index in [0.717, 1.165) is 0 Å². The highest BCUT2D eigenvalue weighted by atomic mass is 32.2. The molecule has 0 radical (unpaired) electrons. The SMILES string of the molecule is COc1cc(COS(N)(=O)=O)ccn1. The van der Waals surface area contributed by atoms with Crippen LogP contribution in [-0.2, 0) is 21.1 Å². The fourth-order valence-electron chi connectivity index (χ4n) is 0.802. The topological polar surface area (TPSA) is 91.5 Å². The summed E-state index contributed by atoms with van der Waals surface area (Å²) < 4.78 is 30.2. The molecule has 0 atom stereocenters. The van der Waals surface area contributed by atoms with E-state index in [-0.39, 0.29) is 6.61 Å². The van der Waals surface area contributed by atoms with Crippen LogP contribution in [0.4, 0.5) is 0 Å². The zero-order valence-corrected chi connectivity index (χ0v) is 8.32. The van der Waals surface area contributed by atoms with Crippen molar-refractivity contribution in [1.29, 1.82) is 0 Å². The van der Waals surface area contributed by atoms with Gasteiger partial charge in [0.1, 0.15) is 0 Å². The first-order valence-electron chi connectivity index (χ1n) is 3.67. The van der Waals surface area contributed by atoms with Crippen LogP contribution in [0.5, 0.6) is 5.88 Å². The van der Waals surface area contributed by atoms with Crippen LogP contribution in [0, 0.1) is 0 Å². The molecule has 6 nitrogen and oxygen atoms in total. The smallest absolute Gasteiger partial charge is 0.333 e. The number of nitrogens with zero attached hydrogens (tertiary/aromatic N) is 1. The molecule has 0 saturated heterocycles. The molecule has 0 spiro atoms. The molecule has 7 heteroatoms. The summed E-state index contributed by atoms with van der Waals surface area (Å²) in [5.41, 5.74) is 0.617. The van der Waals surface area contributed by atoms with Crippen LogP contribution in [0.15, 0.2) is 18.3 Å². The van der Waals surface area contributed by atoms with Gasteiger partial charge in [0.2, 0.25) is 5.88 Å². The lowest BCUT2D eigenvalue weighted by molar-refractivity contribution is 0.307. The van der Waals surface area contributed by atoms with E-state index in [0.29, 0.717) is 11.4 Å². The summed E-state index contributed by atoms with van der Waals surface area (Å²) in [4.78, 5) is 3.84. The fraction of sp³-hybridized carbons (Fsp3) is 0.286. The lowest BCUT2D eigenvalue weighted by atomic mass is 10.3. The van der Waals surface area contributed by atoms with Gasteiger partial charge in [0.25, 0.3) is 0 Å². The Morgan fingerprint density at radius 2 is 2.29 bits per heavy atom. The number of nitrogens with two attached hydrogens (primary N) is 1. The molecule has 0 aliphatic carbocycles. The van der Waals surface area contributed by atoms with E-state index in [4.69, 9.17) is 4.74 Å². The highest BCUT2D eigenvalue weighted by Crippen LogP contribution is 2.09. The number of pyridine rings is 1. The Labute approximate surface area is 81.9 Å². The second kappa shape index (κ2) is 4.36. The Bertz CT molecular complexity index is 404. The van der Waals surface area contributed by atoms with Crippen molar-refractivity contribution in [1.82, 2.24) is 4.98 Å². The minimum atomic E-state index is -3.90. The molecule has 0 bridgehead atoms. The summed E-state index contributed by atoms with van der Waals surface area (Å²) in [6, 6.07) is 3.17. The number of aromatic nitrogens is 1. The zero-order chi connectivity index (χ0) is 10.6. The van der Waals surface area contributed by atoms with E-state index in [9.17, 15) is 8.42 Å². The molecule has 0 aliphatic heterocycles. The van der Waals surface area contributed by atoms with Gasteiger partial charge in [0.05, 0.1) is 13.7 Å². The molecule has 0 saturated carbocycles. The molecule has 0 fully saturated rings. The van der Waals surface area contributed by atoms with Crippen LogP contribution in [0.3, 0.4) is 0 Å². The first-order chi connectivity index (χ1) is 6.51. The van der Waals surface area contributed by atoms with Crippen molar-refractivity contribution in [2.24, 2.45) is 5.14 Å². The lowest BCUT2D eigenvalue weighted by Crippen LogP contribution is -2.15. The second-order valence-electron chi connectivity index (χ2n) is 2.46. The van der Waals surface area contributed by atoms with Gasteiger partial charge in [-0.1, -0.05) is 0 Å². The summed E-state index contributed by atoms with van der Waals surface area (Å²) in [7, 11) is -2.44. The normalized spacial score (nSPS) is 11.3. The van der Waals surface area contributed by atoms with E-state index >= 15 is 0 Å². The van der Waals surface area contributed by atoms with Crippen LogP contribution in [0.25, 0.3) is 0 Å². The Kier molecular flexibility index (Phi) is 3.39. The Hall–Kier alpha value is -1.18. The van der Waals surface area contributed by atoms with E-state index in [2.05, 4.69) is 14.3 Å². The van der Waals surface area contributed by atoms with Gasteiger partial charge in [-0.05, 0) is 11.6 Å². The molecule has 0 unspecified atom stereocenters. The number of hydrogen-bond donors (Lipinski definition) is 1. The van der Waals surface area contributed by atoms with Crippen LogP contribution >= 0.6 is 0 Å². The summed E-state index contributed by atoms with van der Waals surface area (Å²) >= 11 is 0. The van der Waals surface area contributed by atoms with Gasteiger partial charge in [0.15, 0.2) is 0 Å². The molecule has 78 valence electrons. The van der Waals surface area contributed by atoms with Crippen LogP contribution in [-0.4, -0.2) is 20.5 Å². The van der Waals surface area contributed by atoms with Crippen LogP contribution < -0.4 is 9.88 Å². The molecule has 1 heterocycles. The molecule has 0 aromatic carbocycles. The molecule has 1 aromatic rings. The van der Waals surface area contributed by atoms with Crippen molar-refractivity contribution in [2.45, 2.75) is 6.61 Å². The third kappa shape index (κ3) is 3.69. The first-order valence-corrected chi connectivity index (χ1v) is 5.14. The number of methoxy groups -OCH3 is 1. The van der Waals surface area contributed by atoms with Gasteiger partial charge in [-0.15, -0.1) is 0 Å². The number of ether oxygens (including phenoxy) is 1. The molecule has 1 rings (SSSR count). The van der Waals surface area contributed by atoms with Crippen molar-refractivity contribution in [2.75, 3.05) is 7.11 Å². The number of hydrogen-bond acceptors (Lipinski definition) is 5. The Morgan fingerprint density at radius 1 is 1.57 bits per heavy atom. The van der Waals surface area contributed by atoms with Crippen molar-refractivity contribution in [3.05, 3.63) is 23.9 Å². The standard InChI is InChI=1S/C7H10N2O4S/c1-12-7-4-6(2-3-9-7)5-13-14(8,10)11/h2-4H,5H2,1H3,(H2,8,10,11). The molecular weight excluding hydrogens is 208 g/mol. The van der Waals surface area contributed by atoms with Crippen molar-refractivity contribution in [3.63, 3.8) is 0 Å². The minimum Gasteiger partial charge on any atom is -0.481 e.